The number of ether oxygens (including phenoxy) is 1. The molecule has 2 N–H and O–H groups in total. The number of hydrogen-bond donors (Lipinski definition) is 2. The molecule has 2 aromatic rings. The first-order chi connectivity index (χ1) is 12.2. The number of nitrogens with one attached hydrogen (secondary N) is 2. The van der Waals surface area contributed by atoms with E-state index in [0.29, 0.717) is 23.4 Å². The Hall–Kier alpha value is -2.88. The van der Waals surface area contributed by atoms with E-state index in [1.54, 1.807) is 13.8 Å². The van der Waals surface area contributed by atoms with Crippen LogP contribution in [0.1, 0.15) is 35.7 Å². The van der Waals surface area contributed by atoms with E-state index in [9.17, 15) is 18.0 Å². The van der Waals surface area contributed by atoms with Gasteiger partial charge in [-0.15, -0.1) is 0 Å². The average Bonchev–Trinajstić information content (AvgIpc) is 3.04. The molecule has 1 aliphatic heterocycles. The molecule has 0 radical (unpaired) electrons. The van der Waals surface area contributed by atoms with Crippen molar-refractivity contribution in [1.82, 2.24) is 9.88 Å². The highest BCUT2D eigenvalue weighted by molar-refractivity contribution is 7.90. The van der Waals surface area contributed by atoms with Crippen molar-refractivity contribution in [2.45, 2.75) is 38.2 Å². The van der Waals surface area contributed by atoms with Crippen molar-refractivity contribution in [2.75, 3.05) is 5.32 Å². The molecule has 0 saturated carbocycles. The van der Waals surface area contributed by atoms with Crippen molar-refractivity contribution in [3.63, 3.8) is 0 Å². The van der Waals surface area contributed by atoms with Gasteiger partial charge in [0.15, 0.2) is 6.10 Å². The summed E-state index contributed by atoms with van der Waals surface area (Å²) >= 11 is 0. The maximum atomic E-state index is 12.6. The summed E-state index contributed by atoms with van der Waals surface area (Å²) in [7, 11) is -4.18. The SMILES string of the molecule is CCc1cc(C(=O)NS(=O)(=O)c2cc3c(cc2C)NC(=O)[C@@H](C)O3)on1. The molecule has 0 fully saturated rings. The van der Waals surface area contributed by atoms with Crippen LogP contribution in [0.3, 0.4) is 0 Å². The largest absolute Gasteiger partial charge is 0.479 e. The molecule has 138 valence electrons. The van der Waals surface area contributed by atoms with E-state index in [4.69, 9.17) is 9.26 Å². The Kier molecular flexibility index (Phi) is 4.45. The number of aromatic nitrogens is 1. The first kappa shape index (κ1) is 17.9. The molecule has 1 aromatic carbocycles. The third-order valence-electron chi connectivity index (χ3n) is 3.87. The lowest BCUT2D eigenvalue weighted by Crippen LogP contribution is -2.35. The van der Waals surface area contributed by atoms with Gasteiger partial charge in [0.2, 0.25) is 5.76 Å². The van der Waals surface area contributed by atoms with E-state index in [-0.39, 0.29) is 22.3 Å². The Morgan fingerprint density at radius 3 is 2.73 bits per heavy atom. The second-order valence-corrected chi connectivity index (χ2v) is 7.48. The van der Waals surface area contributed by atoms with Crippen molar-refractivity contribution < 1.29 is 27.3 Å². The van der Waals surface area contributed by atoms with Crippen LogP contribution >= 0.6 is 0 Å². The summed E-state index contributed by atoms with van der Waals surface area (Å²) in [6.07, 6.45) is -0.202. The predicted molar refractivity (Wildman–Crippen MR) is 90.4 cm³/mol. The first-order valence-electron chi connectivity index (χ1n) is 7.86. The van der Waals surface area contributed by atoms with Gasteiger partial charge in [-0.1, -0.05) is 12.1 Å². The molecular formula is C16H17N3O6S. The maximum absolute atomic E-state index is 12.6. The fourth-order valence-corrected chi connectivity index (χ4v) is 3.64. The summed E-state index contributed by atoms with van der Waals surface area (Å²) in [5.41, 5.74) is 1.25. The van der Waals surface area contributed by atoms with Crippen LogP contribution in [0.5, 0.6) is 5.75 Å². The van der Waals surface area contributed by atoms with Gasteiger partial charge in [-0.05, 0) is 31.9 Å². The number of carbonyl (C=O) groups excluding carboxylic acids is 2. The topological polar surface area (TPSA) is 128 Å². The summed E-state index contributed by atoms with van der Waals surface area (Å²) in [6, 6.07) is 4.13. The number of carbonyl (C=O) groups is 2. The molecule has 0 unspecified atom stereocenters. The minimum Gasteiger partial charge on any atom is -0.479 e. The van der Waals surface area contributed by atoms with Crippen molar-refractivity contribution >= 4 is 27.5 Å². The quantitative estimate of drug-likeness (QED) is 0.821. The Morgan fingerprint density at radius 1 is 1.35 bits per heavy atom. The van der Waals surface area contributed by atoms with Crippen LogP contribution in [0.25, 0.3) is 0 Å². The standard InChI is InChI=1S/C16H17N3O6S/c1-4-10-6-13(25-18-10)16(21)19-26(22,23)14-7-12-11(5-8(14)2)17-15(20)9(3)24-12/h5-7,9H,4H2,1-3H3,(H,17,20)(H,19,21)/t9-/m1/s1. The van der Waals surface area contributed by atoms with Gasteiger partial charge < -0.3 is 14.6 Å². The van der Waals surface area contributed by atoms with Gasteiger partial charge in [0.05, 0.1) is 16.3 Å². The van der Waals surface area contributed by atoms with Crippen LogP contribution in [0.2, 0.25) is 0 Å². The number of amides is 2. The summed E-state index contributed by atoms with van der Waals surface area (Å²) < 4.78 is 37.4. The maximum Gasteiger partial charge on any atom is 0.303 e. The van der Waals surface area contributed by atoms with E-state index < -0.39 is 22.0 Å². The lowest BCUT2D eigenvalue weighted by Gasteiger charge is -2.24. The van der Waals surface area contributed by atoms with Gasteiger partial charge >= 0.3 is 5.91 Å². The van der Waals surface area contributed by atoms with Crippen molar-refractivity contribution in [3.05, 3.63) is 35.2 Å². The van der Waals surface area contributed by atoms with Gasteiger partial charge in [0, 0.05) is 12.1 Å². The minimum atomic E-state index is -4.18. The predicted octanol–water partition coefficient (Wildman–Crippen LogP) is 1.38. The molecule has 2 amide bonds. The Bertz CT molecular complexity index is 995. The molecule has 0 saturated heterocycles. The van der Waals surface area contributed by atoms with Gasteiger partial charge in [-0.3, -0.25) is 9.59 Å². The van der Waals surface area contributed by atoms with Gasteiger partial charge in [0.1, 0.15) is 5.75 Å². The zero-order valence-corrected chi connectivity index (χ0v) is 15.1. The Labute approximate surface area is 149 Å². The summed E-state index contributed by atoms with van der Waals surface area (Å²) in [5, 5.41) is 6.29. The van der Waals surface area contributed by atoms with Crippen LogP contribution in [-0.4, -0.2) is 31.5 Å². The van der Waals surface area contributed by atoms with Crippen molar-refractivity contribution in [1.29, 1.82) is 0 Å². The molecular weight excluding hydrogens is 362 g/mol. The van der Waals surface area contributed by atoms with Crippen LogP contribution in [0, 0.1) is 6.92 Å². The van der Waals surface area contributed by atoms with E-state index in [1.165, 1.54) is 18.2 Å². The molecule has 1 aromatic heterocycles. The lowest BCUT2D eigenvalue weighted by molar-refractivity contribution is -0.122. The van der Waals surface area contributed by atoms with E-state index >= 15 is 0 Å². The van der Waals surface area contributed by atoms with Gasteiger partial charge in [0.25, 0.3) is 15.9 Å². The molecule has 26 heavy (non-hydrogen) atoms. The number of rotatable bonds is 4. The second kappa shape index (κ2) is 6.45. The molecule has 10 heteroatoms. The number of fused-ring (bicyclic) bond motifs is 1. The average molecular weight is 379 g/mol. The molecule has 0 bridgehead atoms. The number of sulfonamides is 1. The monoisotopic (exact) mass is 379 g/mol. The molecule has 0 spiro atoms. The fourth-order valence-electron chi connectivity index (χ4n) is 2.45. The molecule has 1 aliphatic rings. The first-order valence-corrected chi connectivity index (χ1v) is 9.34. The van der Waals surface area contributed by atoms with E-state index in [1.807, 2.05) is 11.6 Å². The molecule has 1 atom stereocenters. The van der Waals surface area contributed by atoms with E-state index in [2.05, 4.69) is 10.5 Å². The normalized spacial score (nSPS) is 16.4. The smallest absolute Gasteiger partial charge is 0.303 e. The highest BCUT2D eigenvalue weighted by atomic mass is 32.2. The zero-order valence-electron chi connectivity index (χ0n) is 14.3. The molecule has 0 aliphatic carbocycles. The molecule has 9 nitrogen and oxygen atoms in total. The van der Waals surface area contributed by atoms with Crippen LogP contribution in [0.15, 0.2) is 27.6 Å². The Balaban J connectivity index is 1.91. The van der Waals surface area contributed by atoms with Gasteiger partial charge in [-0.25, -0.2) is 13.1 Å². The van der Waals surface area contributed by atoms with Gasteiger partial charge in [-0.2, -0.15) is 0 Å². The van der Waals surface area contributed by atoms with Crippen LogP contribution < -0.4 is 14.8 Å². The summed E-state index contributed by atoms with van der Waals surface area (Å²) in [4.78, 5) is 23.7. The highest BCUT2D eigenvalue weighted by Gasteiger charge is 2.29. The van der Waals surface area contributed by atoms with E-state index in [0.717, 1.165) is 0 Å². The van der Waals surface area contributed by atoms with Crippen molar-refractivity contribution in [2.24, 2.45) is 0 Å². The second-order valence-electron chi connectivity index (χ2n) is 5.83. The number of hydrogen-bond acceptors (Lipinski definition) is 7. The minimum absolute atomic E-state index is 0.136. The number of benzene rings is 1. The summed E-state index contributed by atoms with van der Waals surface area (Å²) in [6.45, 7) is 4.92. The fraction of sp³-hybridized carbons (Fsp3) is 0.312. The number of nitrogens with zero attached hydrogens (tertiary/aromatic N) is 1. The highest BCUT2D eigenvalue weighted by Crippen LogP contribution is 2.34. The van der Waals surface area contributed by atoms with Crippen LogP contribution in [-0.2, 0) is 21.2 Å². The third-order valence-corrected chi connectivity index (χ3v) is 5.34. The van der Waals surface area contributed by atoms with Crippen molar-refractivity contribution in [3.8, 4) is 5.75 Å². The Morgan fingerprint density at radius 2 is 2.08 bits per heavy atom. The summed E-state index contributed by atoms with van der Waals surface area (Å²) in [5.74, 6) is -1.23. The molecule has 3 rings (SSSR count). The third kappa shape index (κ3) is 3.27. The number of anilines is 1. The molecule has 2 heterocycles. The number of aryl methyl sites for hydroxylation is 2. The zero-order chi connectivity index (χ0) is 19.1. The van der Waals surface area contributed by atoms with Crippen LogP contribution in [0.4, 0.5) is 5.69 Å². The lowest BCUT2D eigenvalue weighted by atomic mass is 10.1.